The van der Waals surface area contributed by atoms with Gasteiger partial charge in [-0.2, -0.15) is 4.57 Å². The van der Waals surface area contributed by atoms with Crippen LogP contribution in [0.2, 0.25) is 0 Å². The Morgan fingerprint density at radius 3 is 2.24 bits per heavy atom. The Hall–Kier alpha value is -2.55. The number of hydrogen-bond donors (Lipinski definition) is 0. The number of hydrogen-bond acceptors (Lipinski definition) is 2. The van der Waals surface area contributed by atoms with Crippen LogP contribution in [0.5, 0.6) is 5.95 Å². The van der Waals surface area contributed by atoms with Crippen molar-refractivity contribution >= 4 is 0 Å². The fourth-order valence-electron chi connectivity index (χ4n) is 2.49. The van der Waals surface area contributed by atoms with E-state index in [1.54, 1.807) is 0 Å². The highest BCUT2D eigenvalue weighted by atomic mass is 16.5. The molecule has 0 N–H and O–H groups in total. The van der Waals surface area contributed by atoms with Gasteiger partial charge in [0.15, 0.2) is 0 Å². The molecule has 3 nitrogen and oxygen atoms in total. The highest BCUT2D eigenvalue weighted by Gasteiger charge is 2.22. The second kappa shape index (κ2) is 5.44. The summed E-state index contributed by atoms with van der Waals surface area (Å²) in [7, 11) is 0. The lowest BCUT2D eigenvalue weighted by molar-refractivity contribution is -0.675. The minimum Gasteiger partial charge on any atom is -0.540 e. The number of oxazole rings is 1. The lowest BCUT2D eigenvalue weighted by Gasteiger charge is -2.02. The normalized spacial score (nSPS) is 10.8. The van der Waals surface area contributed by atoms with Crippen molar-refractivity contribution in [2.75, 3.05) is 0 Å². The molecular formula is C18H17NO2. The molecule has 3 aromatic rings. The maximum atomic E-state index is 12.3. The Balaban J connectivity index is 2.18. The van der Waals surface area contributed by atoms with Crippen molar-refractivity contribution in [1.82, 2.24) is 0 Å². The van der Waals surface area contributed by atoms with Gasteiger partial charge in [-0.3, -0.25) is 0 Å². The fraction of sp³-hybridized carbons (Fsp3) is 0.167. The summed E-state index contributed by atoms with van der Waals surface area (Å²) in [5.74, 6) is 0.318. The number of benzene rings is 2. The standard InChI is InChI=1S/C18H17NO2/c1-3-19-16(14-11-9-13(2)10-12-14)18(20)21-17(19)15-7-5-4-6-8-15/h4-12H,3H2,1-2H3. The summed E-state index contributed by atoms with van der Waals surface area (Å²) in [4.78, 5) is 0. The van der Waals surface area contributed by atoms with E-state index in [4.69, 9.17) is 4.42 Å². The number of rotatable bonds is 3. The van der Waals surface area contributed by atoms with Crippen molar-refractivity contribution in [2.45, 2.75) is 20.4 Å². The van der Waals surface area contributed by atoms with Gasteiger partial charge in [-0.05, 0) is 38.1 Å². The zero-order valence-electron chi connectivity index (χ0n) is 12.2. The second-order valence-electron chi connectivity index (χ2n) is 5.02. The van der Waals surface area contributed by atoms with Crippen LogP contribution in [-0.4, -0.2) is 0 Å². The van der Waals surface area contributed by atoms with E-state index in [1.165, 1.54) is 5.56 Å². The van der Waals surface area contributed by atoms with Crippen LogP contribution in [0.3, 0.4) is 0 Å². The highest BCUT2D eigenvalue weighted by Crippen LogP contribution is 2.30. The van der Waals surface area contributed by atoms with Crippen molar-refractivity contribution in [3.8, 4) is 28.7 Å². The van der Waals surface area contributed by atoms with E-state index in [0.717, 1.165) is 11.1 Å². The summed E-state index contributed by atoms with van der Waals surface area (Å²) in [5.41, 5.74) is 3.57. The Morgan fingerprint density at radius 1 is 0.952 bits per heavy atom. The Bertz CT molecular complexity index is 743. The van der Waals surface area contributed by atoms with E-state index >= 15 is 0 Å². The first-order chi connectivity index (χ1) is 10.2. The zero-order chi connectivity index (χ0) is 14.8. The van der Waals surface area contributed by atoms with Gasteiger partial charge in [-0.15, -0.1) is 0 Å². The molecule has 21 heavy (non-hydrogen) atoms. The van der Waals surface area contributed by atoms with Gasteiger partial charge in [0, 0.05) is 5.56 Å². The molecular weight excluding hydrogens is 262 g/mol. The van der Waals surface area contributed by atoms with Crippen LogP contribution in [0.1, 0.15) is 12.5 Å². The van der Waals surface area contributed by atoms with Crippen molar-refractivity contribution in [3.05, 3.63) is 60.2 Å². The molecule has 0 spiro atoms. The maximum absolute atomic E-state index is 12.3. The van der Waals surface area contributed by atoms with Crippen molar-refractivity contribution in [1.29, 1.82) is 0 Å². The third-order valence-electron chi connectivity index (χ3n) is 3.56. The summed E-state index contributed by atoms with van der Waals surface area (Å²) in [6.07, 6.45) is 0. The Labute approximate surface area is 124 Å². The SMILES string of the molecule is CC[n+]1c(-c2ccccc2)oc([O-])c1-c1ccc(C)cc1. The largest absolute Gasteiger partial charge is 0.540 e. The average molecular weight is 279 g/mol. The van der Waals surface area contributed by atoms with Crippen molar-refractivity contribution in [2.24, 2.45) is 0 Å². The number of aromatic nitrogens is 1. The fourth-order valence-corrected chi connectivity index (χ4v) is 2.49. The first kappa shape index (κ1) is 13.4. The Morgan fingerprint density at radius 2 is 1.62 bits per heavy atom. The summed E-state index contributed by atoms with van der Waals surface area (Å²) in [6, 6.07) is 17.6. The highest BCUT2D eigenvalue weighted by molar-refractivity contribution is 5.63. The molecule has 0 bridgehead atoms. The minimum absolute atomic E-state index is 0.292. The third kappa shape index (κ3) is 2.42. The van der Waals surface area contributed by atoms with Gasteiger partial charge < -0.3 is 9.52 Å². The monoisotopic (exact) mass is 279 g/mol. The van der Waals surface area contributed by atoms with Crippen LogP contribution in [0.15, 0.2) is 59.0 Å². The average Bonchev–Trinajstić information content (AvgIpc) is 2.85. The molecule has 0 atom stereocenters. The lowest BCUT2D eigenvalue weighted by atomic mass is 10.1. The molecule has 2 aromatic carbocycles. The molecule has 1 aromatic heterocycles. The quantitative estimate of drug-likeness (QED) is 0.690. The van der Waals surface area contributed by atoms with E-state index in [1.807, 2.05) is 73.0 Å². The number of aryl methyl sites for hydroxylation is 1. The smallest absolute Gasteiger partial charge is 0.269 e. The minimum atomic E-state index is -0.292. The molecule has 3 heteroatoms. The first-order valence-corrected chi connectivity index (χ1v) is 7.06. The van der Waals surface area contributed by atoms with Gasteiger partial charge >= 0.3 is 0 Å². The van der Waals surface area contributed by atoms with Gasteiger partial charge in [0.25, 0.3) is 5.89 Å². The second-order valence-corrected chi connectivity index (χ2v) is 5.02. The van der Waals surface area contributed by atoms with Gasteiger partial charge in [-0.1, -0.05) is 35.9 Å². The summed E-state index contributed by atoms with van der Waals surface area (Å²) in [6.45, 7) is 4.72. The Kier molecular flexibility index (Phi) is 3.48. The van der Waals surface area contributed by atoms with E-state index in [0.29, 0.717) is 18.1 Å². The van der Waals surface area contributed by atoms with Gasteiger partial charge in [-0.25, -0.2) is 0 Å². The van der Waals surface area contributed by atoms with Crippen LogP contribution in [0.4, 0.5) is 0 Å². The molecule has 0 radical (unpaired) electrons. The van der Waals surface area contributed by atoms with Crippen LogP contribution in [-0.2, 0) is 6.54 Å². The van der Waals surface area contributed by atoms with Crippen molar-refractivity contribution < 1.29 is 14.1 Å². The van der Waals surface area contributed by atoms with Gasteiger partial charge in [0.2, 0.25) is 5.69 Å². The molecule has 106 valence electrons. The first-order valence-electron chi connectivity index (χ1n) is 7.06. The summed E-state index contributed by atoms with van der Waals surface area (Å²) in [5, 5.41) is 12.3. The predicted octanol–water partition coefficient (Wildman–Crippen LogP) is 3.30. The van der Waals surface area contributed by atoms with E-state index in [-0.39, 0.29) is 5.95 Å². The van der Waals surface area contributed by atoms with E-state index < -0.39 is 0 Å². The molecule has 1 heterocycles. The lowest BCUT2D eigenvalue weighted by Crippen LogP contribution is -2.35. The third-order valence-corrected chi connectivity index (χ3v) is 3.56. The molecule has 0 amide bonds. The maximum Gasteiger partial charge on any atom is 0.269 e. The molecule has 0 fully saturated rings. The molecule has 0 aliphatic rings. The summed E-state index contributed by atoms with van der Waals surface area (Å²) >= 11 is 0. The van der Waals surface area contributed by atoms with Crippen LogP contribution < -0.4 is 9.67 Å². The molecule has 0 aliphatic carbocycles. The molecule has 0 saturated heterocycles. The topological polar surface area (TPSA) is 40.1 Å². The van der Waals surface area contributed by atoms with Gasteiger partial charge in [0.05, 0.1) is 5.56 Å². The van der Waals surface area contributed by atoms with Crippen molar-refractivity contribution in [3.63, 3.8) is 0 Å². The molecule has 0 aliphatic heterocycles. The van der Waals surface area contributed by atoms with Gasteiger partial charge in [0.1, 0.15) is 12.5 Å². The van der Waals surface area contributed by atoms with E-state index in [2.05, 4.69) is 0 Å². The molecule has 3 rings (SSSR count). The zero-order valence-corrected chi connectivity index (χ0v) is 12.2. The number of nitrogens with zero attached hydrogens (tertiary/aromatic N) is 1. The van der Waals surface area contributed by atoms with E-state index in [9.17, 15) is 5.11 Å². The predicted molar refractivity (Wildman–Crippen MR) is 79.6 cm³/mol. The van der Waals surface area contributed by atoms with Crippen LogP contribution in [0, 0.1) is 6.92 Å². The summed E-state index contributed by atoms with van der Waals surface area (Å²) < 4.78 is 7.45. The van der Waals surface area contributed by atoms with Crippen LogP contribution >= 0.6 is 0 Å². The molecule has 0 unspecified atom stereocenters. The molecule has 0 saturated carbocycles. The van der Waals surface area contributed by atoms with Crippen LogP contribution in [0.25, 0.3) is 22.7 Å².